The van der Waals surface area contributed by atoms with Gasteiger partial charge in [0.05, 0.1) is 5.69 Å². The molecule has 0 bridgehead atoms. The number of nitrogens with zero attached hydrogens (tertiary/aromatic N) is 2. The minimum absolute atomic E-state index is 0.627. The first-order valence-corrected chi connectivity index (χ1v) is 8.07. The van der Waals surface area contributed by atoms with Gasteiger partial charge in [-0.05, 0) is 51.9 Å². The molecule has 1 N–H and O–H groups in total. The Morgan fingerprint density at radius 3 is 2.80 bits per heavy atom. The van der Waals surface area contributed by atoms with E-state index in [0.717, 1.165) is 43.7 Å². The Morgan fingerprint density at radius 1 is 1.35 bits per heavy atom. The maximum Gasteiger partial charge on any atom is 0.203 e. The summed E-state index contributed by atoms with van der Waals surface area (Å²) in [6.45, 7) is 9.03. The largest absolute Gasteiger partial charge is 0.382 e. The van der Waals surface area contributed by atoms with Crippen LogP contribution in [0.2, 0.25) is 0 Å². The number of anilines is 1. The molecule has 0 amide bonds. The van der Waals surface area contributed by atoms with Gasteiger partial charge in [-0.2, -0.15) is 0 Å². The third kappa shape index (κ3) is 4.23. The molecule has 1 aromatic rings. The van der Waals surface area contributed by atoms with Crippen LogP contribution in [-0.2, 0) is 4.74 Å². The Labute approximate surface area is 122 Å². The number of nitrogens with one attached hydrogen (secondary N) is 1. The van der Waals surface area contributed by atoms with Crippen molar-refractivity contribution in [3.63, 3.8) is 0 Å². The summed E-state index contributed by atoms with van der Waals surface area (Å²) in [7, 11) is 0. The molecule has 4 nitrogen and oxygen atoms in total. The highest BCUT2D eigenvalue weighted by Crippen LogP contribution is 2.33. The summed E-state index contributed by atoms with van der Waals surface area (Å²) >= 11 is 0. The lowest BCUT2D eigenvalue weighted by Crippen LogP contribution is -2.19. The SMILES string of the molecule is CCOCCCNc1nc(C)cn1C1CCC(C)CC1. The van der Waals surface area contributed by atoms with Crippen LogP contribution in [-0.4, -0.2) is 29.3 Å². The maximum absolute atomic E-state index is 5.37. The van der Waals surface area contributed by atoms with E-state index in [1.165, 1.54) is 25.7 Å². The van der Waals surface area contributed by atoms with Crippen LogP contribution in [0.15, 0.2) is 6.20 Å². The Hall–Kier alpha value is -1.03. The molecular formula is C16H29N3O. The molecule has 0 radical (unpaired) electrons. The molecule has 1 aliphatic rings. The van der Waals surface area contributed by atoms with Gasteiger partial charge in [0.15, 0.2) is 0 Å². The molecule has 0 saturated heterocycles. The third-order valence-electron chi connectivity index (χ3n) is 4.18. The zero-order valence-electron chi connectivity index (χ0n) is 13.2. The van der Waals surface area contributed by atoms with Crippen molar-refractivity contribution >= 4 is 5.95 Å². The number of aryl methyl sites for hydroxylation is 1. The highest BCUT2D eigenvalue weighted by Gasteiger charge is 2.21. The summed E-state index contributed by atoms with van der Waals surface area (Å²) < 4.78 is 7.73. The molecule has 1 aromatic heterocycles. The number of ether oxygens (including phenoxy) is 1. The van der Waals surface area contributed by atoms with Gasteiger partial charge in [-0.15, -0.1) is 0 Å². The highest BCUT2D eigenvalue weighted by atomic mass is 16.5. The van der Waals surface area contributed by atoms with Gasteiger partial charge in [-0.3, -0.25) is 0 Å². The first-order valence-electron chi connectivity index (χ1n) is 8.07. The van der Waals surface area contributed by atoms with Gasteiger partial charge in [0.1, 0.15) is 0 Å². The van der Waals surface area contributed by atoms with E-state index in [-0.39, 0.29) is 0 Å². The van der Waals surface area contributed by atoms with Gasteiger partial charge in [-0.1, -0.05) is 6.92 Å². The zero-order chi connectivity index (χ0) is 14.4. The van der Waals surface area contributed by atoms with Crippen molar-refractivity contribution in [1.29, 1.82) is 0 Å². The van der Waals surface area contributed by atoms with Crippen molar-refractivity contribution in [3.05, 3.63) is 11.9 Å². The fourth-order valence-electron chi connectivity index (χ4n) is 2.96. The molecule has 0 atom stereocenters. The van der Waals surface area contributed by atoms with Crippen LogP contribution in [0.25, 0.3) is 0 Å². The highest BCUT2D eigenvalue weighted by molar-refractivity contribution is 5.29. The molecule has 0 aliphatic heterocycles. The van der Waals surface area contributed by atoms with Crippen LogP contribution in [0.3, 0.4) is 0 Å². The number of rotatable bonds is 7. The molecule has 2 rings (SSSR count). The predicted molar refractivity (Wildman–Crippen MR) is 83.2 cm³/mol. The lowest BCUT2D eigenvalue weighted by atomic mass is 9.87. The van der Waals surface area contributed by atoms with Crippen LogP contribution >= 0.6 is 0 Å². The van der Waals surface area contributed by atoms with E-state index in [2.05, 4.69) is 34.9 Å². The molecule has 0 unspecified atom stereocenters. The minimum atomic E-state index is 0.627. The van der Waals surface area contributed by atoms with E-state index in [0.29, 0.717) is 6.04 Å². The molecule has 1 heterocycles. The summed E-state index contributed by atoms with van der Waals surface area (Å²) in [6.07, 6.45) is 8.47. The van der Waals surface area contributed by atoms with Crippen molar-refractivity contribution in [2.75, 3.05) is 25.1 Å². The average molecular weight is 279 g/mol. The van der Waals surface area contributed by atoms with Gasteiger partial charge in [0.25, 0.3) is 0 Å². The molecule has 1 fully saturated rings. The smallest absolute Gasteiger partial charge is 0.203 e. The van der Waals surface area contributed by atoms with E-state index >= 15 is 0 Å². The van der Waals surface area contributed by atoms with Crippen LogP contribution in [0.5, 0.6) is 0 Å². The van der Waals surface area contributed by atoms with Gasteiger partial charge >= 0.3 is 0 Å². The van der Waals surface area contributed by atoms with Crippen LogP contribution < -0.4 is 5.32 Å². The van der Waals surface area contributed by atoms with Gasteiger partial charge in [0.2, 0.25) is 5.95 Å². The Balaban J connectivity index is 1.88. The molecule has 0 aromatic carbocycles. The fourth-order valence-corrected chi connectivity index (χ4v) is 2.96. The van der Waals surface area contributed by atoms with Crippen molar-refractivity contribution in [3.8, 4) is 0 Å². The Bertz CT molecular complexity index is 394. The second kappa shape index (κ2) is 7.67. The third-order valence-corrected chi connectivity index (χ3v) is 4.18. The average Bonchev–Trinajstić information content (AvgIpc) is 2.80. The predicted octanol–water partition coefficient (Wildman–Crippen LogP) is 3.78. The number of hydrogen-bond acceptors (Lipinski definition) is 3. The van der Waals surface area contributed by atoms with Crippen LogP contribution in [0.4, 0.5) is 5.95 Å². The van der Waals surface area contributed by atoms with Crippen LogP contribution in [0, 0.1) is 12.8 Å². The monoisotopic (exact) mass is 279 g/mol. The summed E-state index contributed by atoms with van der Waals surface area (Å²) in [5.41, 5.74) is 1.11. The van der Waals surface area contributed by atoms with E-state index in [1.54, 1.807) is 0 Å². The number of imidazole rings is 1. The number of hydrogen-bond donors (Lipinski definition) is 1. The Morgan fingerprint density at radius 2 is 2.10 bits per heavy atom. The first kappa shape index (κ1) is 15.4. The fraction of sp³-hybridized carbons (Fsp3) is 0.812. The van der Waals surface area contributed by atoms with Gasteiger partial charge in [-0.25, -0.2) is 4.98 Å². The minimum Gasteiger partial charge on any atom is -0.382 e. The molecule has 0 spiro atoms. The lowest BCUT2D eigenvalue weighted by Gasteiger charge is -2.28. The Kier molecular flexibility index (Phi) is 5.89. The standard InChI is InChI=1S/C16H29N3O/c1-4-20-11-5-10-17-16-18-14(3)12-19(16)15-8-6-13(2)7-9-15/h12-13,15H,4-11H2,1-3H3,(H,17,18). The second-order valence-corrected chi connectivity index (χ2v) is 6.00. The maximum atomic E-state index is 5.37. The van der Waals surface area contributed by atoms with E-state index < -0.39 is 0 Å². The summed E-state index contributed by atoms with van der Waals surface area (Å²) in [5.74, 6) is 1.93. The molecule has 1 saturated carbocycles. The van der Waals surface area contributed by atoms with E-state index in [1.807, 2.05) is 6.92 Å². The van der Waals surface area contributed by atoms with Crippen LogP contribution in [0.1, 0.15) is 57.7 Å². The molecule has 20 heavy (non-hydrogen) atoms. The quantitative estimate of drug-likeness (QED) is 0.772. The topological polar surface area (TPSA) is 39.1 Å². The normalized spacial score (nSPS) is 22.9. The molecule has 1 aliphatic carbocycles. The summed E-state index contributed by atoms with van der Waals surface area (Å²) in [4.78, 5) is 4.63. The van der Waals surface area contributed by atoms with Gasteiger partial charge < -0.3 is 14.6 Å². The van der Waals surface area contributed by atoms with Crippen molar-refractivity contribution in [2.45, 2.75) is 58.9 Å². The number of aromatic nitrogens is 2. The summed E-state index contributed by atoms with van der Waals surface area (Å²) in [5, 5.41) is 3.47. The van der Waals surface area contributed by atoms with Gasteiger partial charge in [0, 0.05) is 32.0 Å². The second-order valence-electron chi connectivity index (χ2n) is 6.00. The van der Waals surface area contributed by atoms with E-state index in [4.69, 9.17) is 4.74 Å². The molecular weight excluding hydrogens is 250 g/mol. The van der Waals surface area contributed by atoms with Crippen molar-refractivity contribution < 1.29 is 4.74 Å². The first-order chi connectivity index (χ1) is 9.70. The lowest BCUT2D eigenvalue weighted by molar-refractivity contribution is 0.147. The van der Waals surface area contributed by atoms with Crippen molar-refractivity contribution in [1.82, 2.24) is 9.55 Å². The molecule has 4 heteroatoms. The van der Waals surface area contributed by atoms with E-state index in [9.17, 15) is 0 Å². The zero-order valence-corrected chi connectivity index (χ0v) is 13.2. The molecule has 114 valence electrons. The summed E-state index contributed by atoms with van der Waals surface area (Å²) in [6, 6.07) is 0.627. The van der Waals surface area contributed by atoms with Crippen molar-refractivity contribution in [2.24, 2.45) is 5.92 Å².